The number of rotatable bonds is 3. The molecule has 86 valence electrons. The Bertz CT molecular complexity index is 374. The number of aryl methyl sites for hydroxylation is 1. The molecule has 1 aromatic rings. The van der Waals surface area contributed by atoms with Crippen molar-refractivity contribution in [2.24, 2.45) is 5.84 Å². The molecule has 1 aliphatic heterocycles. The molecule has 1 unspecified atom stereocenters. The standard InChI is InChI=1S/C11H16N4O/c1-8-6-14-9(7-13-8)11(15-12)10-4-2-3-5-16-10/h4,6-7,11,15H,2-3,5,12H2,1H3. The van der Waals surface area contributed by atoms with Crippen molar-refractivity contribution < 1.29 is 4.74 Å². The number of nitrogens with zero attached hydrogens (tertiary/aromatic N) is 2. The molecule has 2 heterocycles. The fourth-order valence-electron chi connectivity index (χ4n) is 1.64. The second-order valence-corrected chi connectivity index (χ2v) is 3.78. The molecule has 0 radical (unpaired) electrons. The minimum Gasteiger partial charge on any atom is -0.496 e. The summed E-state index contributed by atoms with van der Waals surface area (Å²) in [5.74, 6) is 6.37. The van der Waals surface area contributed by atoms with Crippen molar-refractivity contribution in [3.05, 3.63) is 35.6 Å². The van der Waals surface area contributed by atoms with Crippen molar-refractivity contribution in [2.75, 3.05) is 6.61 Å². The first-order valence-electron chi connectivity index (χ1n) is 5.39. The zero-order valence-electron chi connectivity index (χ0n) is 9.31. The van der Waals surface area contributed by atoms with Crippen LogP contribution in [0.25, 0.3) is 0 Å². The summed E-state index contributed by atoms with van der Waals surface area (Å²) in [6.07, 6.45) is 7.57. The van der Waals surface area contributed by atoms with Gasteiger partial charge >= 0.3 is 0 Å². The molecule has 5 heteroatoms. The third-order valence-corrected chi connectivity index (χ3v) is 2.51. The van der Waals surface area contributed by atoms with E-state index in [1.807, 2.05) is 6.92 Å². The van der Waals surface area contributed by atoms with Crippen molar-refractivity contribution in [1.29, 1.82) is 0 Å². The highest BCUT2D eigenvalue weighted by atomic mass is 16.5. The van der Waals surface area contributed by atoms with Crippen LogP contribution in [0.15, 0.2) is 24.2 Å². The first kappa shape index (κ1) is 11.0. The van der Waals surface area contributed by atoms with Crippen molar-refractivity contribution >= 4 is 0 Å². The van der Waals surface area contributed by atoms with E-state index >= 15 is 0 Å². The quantitative estimate of drug-likeness (QED) is 0.587. The number of ether oxygens (including phenoxy) is 1. The maximum atomic E-state index is 5.57. The zero-order valence-corrected chi connectivity index (χ0v) is 9.31. The average Bonchev–Trinajstić information content (AvgIpc) is 2.34. The van der Waals surface area contributed by atoms with Crippen LogP contribution in [-0.4, -0.2) is 16.6 Å². The number of nitrogens with one attached hydrogen (secondary N) is 1. The molecule has 1 atom stereocenters. The maximum absolute atomic E-state index is 5.57. The molecule has 0 saturated carbocycles. The van der Waals surface area contributed by atoms with Crippen molar-refractivity contribution in [3.8, 4) is 0 Å². The number of aromatic nitrogens is 2. The summed E-state index contributed by atoms with van der Waals surface area (Å²) >= 11 is 0. The summed E-state index contributed by atoms with van der Waals surface area (Å²) in [4.78, 5) is 8.50. The first-order chi connectivity index (χ1) is 7.81. The van der Waals surface area contributed by atoms with E-state index in [2.05, 4.69) is 21.5 Å². The predicted molar refractivity (Wildman–Crippen MR) is 60.1 cm³/mol. The molecule has 0 aromatic carbocycles. The molecular formula is C11H16N4O. The molecular weight excluding hydrogens is 204 g/mol. The third kappa shape index (κ3) is 2.37. The van der Waals surface area contributed by atoms with Crippen molar-refractivity contribution in [2.45, 2.75) is 25.8 Å². The van der Waals surface area contributed by atoms with Crippen LogP contribution in [0, 0.1) is 6.92 Å². The molecule has 0 aliphatic carbocycles. The lowest BCUT2D eigenvalue weighted by Crippen LogP contribution is -2.31. The molecule has 1 aliphatic rings. The second kappa shape index (κ2) is 5.05. The Morgan fingerprint density at radius 3 is 2.88 bits per heavy atom. The average molecular weight is 220 g/mol. The monoisotopic (exact) mass is 220 g/mol. The fraction of sp³-hybridized carbons (Fsp3) is 0.455. The summed E-state index contributed by atoms with van der Waals surface area (Å²) in [7, 11) is 0. The van der Waals surface area contributed by atoms with Gasteiger partial charge in [0, 0.05) is 6.20 Å². The SMILES string of the molecule is Cc1cnc(C(NN)C2=CCCCO2)cn1. The van der Waals surface area contributed by atoms with Crippen LogP contribution < -0.4 is 11.3 Å². The highest BCUT2D eigenvalue weighted by Crippen LogP contribution is 2.23. The van der Waals surface area contributed by atoms with Crippen molar-refractivity contribution in [3.63, 3.8) is 0 Å². The van der Waals surface area contributed by atoms with Crippen molar-refractivity contribution in [1.82, 2.24) is 15.4 Å². The van der Waals surface area contributed by atoms with Gasteiger partial charge < -0.3 is 4.74 Å². The summed E-state index contributed by atoms with van der Waals surface area (Å²) < 4.78 is 5.57. The summed E-state index contributed by atoms with van der Waals surface area (Å²) in [5.41, 5.74) is 4.38. The maximum Gasteiger partial charge on any atom is 0.122 e. The Balaban J connectivity index is 2.21. The van der Waals surface area contributed by atoms with E-state index in [0.29, 0.717) is 0 Å². The Hall–Kier alpha value is -1.46. The molecule has 0 spiro atoms. The number of hydrogen-bond acceptors (Lipinski definition) is 5. The van der Waals surface area contributed by atoms with E-state index in [1.54, 1.807) is 12.4 Å². The van der Waals surface area contributed by atoms with Gasteiger partial charge in [-0.2, -0.15) is 0 Å². The van der Waals surface area contributed by atoms with Crippen LogP contribution >= 0.6 is 0 Å². The minimum atomic E-state index is -0.201. The molecule has 16 heavy (non-hydrogen) atoms. The molecule has 1 aromatic heterocycles. The van der Waals surface area contributed by atoms with Gasteiger partial charge in [0.05, 0.1) is 24.2 Å². The zero-order chi connectivity index (χ0) is 11.4. The highest BCUT2D eigenvalue weighted by molar-refractivity contribution is 5.17. The molecule has 0 fully saturated rings. The summed E-state index contributed by atoms with van der Waals surface area (Å²) in [6.45, 7) is 2.64. The molecule has 3 N–H and O–H groups in total. The van der Waals surface area contributed by atoms with Gasteiger partial charge in [-0.05, 0) is 25.8 Å². The van der Waals surface area contributed by atoms with Crippen LogP contribution in [0.3, 0.4) is 0 Å². The van der Waals surface area contributed by atoms with Gasteiger partial charge in [0.25, 0.3) is 0 Å². The molecule has 2 rings (SSSR count). The number of hydrazine groups is 1. The largest absolute Gasteiger partial charge is 0.496 e. The molecule has 0 amide bonds. The van der Waals surface area contributed by atoms with Gasteiger partial charge in [-0.3, -0.25) is 15.8 Å². The van der Waals surface area contributed by atoms with Gasteiger partial charge in [0.15, 0.2) is 0 Å². The Morgan fingerprint density at radius 2 is 2.31 bits per heavy atom. The van der Waals surface area contributed by atoms with E-state index in [1.165, 1.54) is 0 Å². The van der Waals surface area contributed by atoms with E-state index in [9.17, 15) is 0 Å². The van der Waals surface area contributed by atoms with E-state index in [0.717, 1.165) is 36.6 Å². The number of nitrogens with two attached hydrogens (primary N) is 1. The van der Waals surface area contributed by atoms with Gasteiger partial charge in [0.1, 0.15) is 11.8 Å². The normalized spacial score (nSPS) is 17.5. The molecule has 5 nitrogen and oxygen atoms in total. The van der Waals surface area contributed by atoms with Crippen LogP contribution in [-0.2, 0) is 4.74 Å². The van der Waals surface area contributed by atoms with Gasteiger partial charge in [-0.15, -0.1) is 0 Å². The third-order valence-electron chi connectivity index (χ3n) is 2.51. The predicted octanol–water partition coefficient (Wildman–Crippen LogP) is 0.984. The lowest BCUT2D eigenvalue weighted by Gasteiger charge is -2.22. The Morgan fingerprint density at radius 1 is 1.44 bits per heavy atom. The van der Waals surface area contributed by atoms with Gasteiger partial charge in [0.2, 0.25) is 0 Å². The van der Waals surface area contributed by atoms with Gasteiger partial charge in [-0.1, -0.05) is 0 Å². The smallest absolute Gasteiger partial charge is 0.122 e. The van der Waals surface area contributed by atoms with Crippen LogP contribution in [0.2, 0.25) is 0 Å². The summed E-state index contributed by atoms with van der Waals surface area (Å²) in [6, 6.07) is -0.201. The second-order valence-electron chi connectivity index (χ2n) is 3.78. The lowest BCUT2D eigenvalue weighted by molar-refractivity contribution is 0.167. The van der Waals surface area contributed by atoms with Crippen LogP contribution in [0.4, 0.5) is 0 Å². The van der Waals surface area contributed by atoms with Gasteiger partial charge in [-0.25, -0.2) is 5.43 Å². The number of allylic oxidation sites excluding steroid dienone is 1. The van der Waals surface area contributed by atoms with E-state index in [4.69, 9.17) is 10.6 Å². The van der Waals surface area contributed by atoms with Crippen LogP contribution in [0.1, 0.15) is 30.3 Å². The minimum absolute atomic E-state index is 0.201. The fourth-order valence-corrected chi connectivity index (χ4v) is 1.64. The molecule has 0 saturated heterocycles. The topological polar surface area (TPSA) is 73.1 Å². The Labute approximate surface area is 94.7 Å². The van der Waals surface area contributed by atoms with E-state index < -0.39 is 0 Å². The Kier molecular flexibility index (Phi) is 3.48. The summed E-state index contributed by atoms with van der Waals surface area (Å²) in [5, 5.41) is 0. The van der Waals surface area contributed by atoms with E-state index in [-0.39, 0.29) is 6.04 Å². The van der Waals surface area contributed by atoms with Crippen LogP contribution in [0.5, 0.6) is 0 Å². The first-order valence-corrected chi connectivity index (χ1v) is 5.39. The lowest BCUT2D eigenvalue weighted by atomic mass is 10.1. The highest BCUT2D eigenvalue weighted by Gasteiger charge is 2.19. The molecule has 0 bridgehead atoms. The number of hydrogen-bond donors (Lipinski definition) is 2.